The van der Waals surface area contributed by atoms with E-state index in [1.165, 1.54) is 31.4 Å². The van der Waals surface area contributed by atoms with Crippen molar-refractivity contribution in [3.05, 3.63) is 30.1 Å². The van der Waals surface area contributed by atoms with Crippen LogP contribution in [-0.4, -0.2) is 5.84 Å². The quantitative estimate of drug-likeness (QED) is 0.602. The fourth-order valence-corrected chi connectivity index (χ4v) is 2.15. The SMILES string of the molecule is NC(=Nc1ccc(F)cc1)C1CCCCC1. The number of amidine groups is 1. The predicted octanol–water partition coefficient (Wildman–Crippen LogP) is 3.39. The average molecular weight is 220 g/mol. The van der Waals surface area contributed by atoms with Gasteiger partial charge in [-0.2, -0.15) is 0 Å². The van der Waals surface area contributed by atoms with Crippen molar-refractivity contribution >= 4 is 11.5 Å². The van der Waals surface area contributed by atoms with Crippen LogP contribution in [0.15, 0.2) is 29.3 Å². The van der Waals surface area contributed by atoms with Gasteiger partial charge in [0.1, 0.15) is 11.7 Å². The molecular weight excluding hydrogens is 203 g/mol. The number of hydrogen-bond acceptors (Lipinski definition) is 1. The highest BCUT2D eigenvalue weighted by atomic mass is 19.1. The van der Waals surface area contributed by atoms with Gasteiger partial charge in [0.05, 0.1) is 5.69 Å². The van der Waals surface area contributed by atoms with E-state index in [2.05, 4.69) is 4.99 Å². The van der Waals surface area contributed by atoms with E-state index < -0.39 is 0 Å². The van der Waals surface area contributed by atoms with Gasteiger partial charge < -0.3 is 5.73 Å². The molecule has 1 aromatic carbocycles. The number of rotatable bonds is 2. The van der Waals surface area contributed by atoms with Crippen molar-refractivity contribution in [3.8, 4) is 0 Å². The Hall–Kier alpha value is -1.38. The zero-order chi connectivity index (χ0) is 11.4. The Balaban J connectivity index is 2.07. The maximum atomic E-state index is 12.7. The van der Waals surface area contributed by atoms with E-state index in [-0.39, 0.29) is 5.82 Å². The lowest BCUT2D eigenvalue weighted by Gasteiger charge is -2.20. The van der Waals surface area contributed by atoms with Crippen molar-refractivity contribution in [3.63, 3.8) is 0 Å². The molecule has 0 aromatic heterocycles. The van der Waals surface area contributed by atoms with E-state index >= 15 is 0 Å². The third-order valence-corrected chi connectivity index (χ3v) is 3.11. The molecule has 1 aliphatic rings. The number of aliphatic imine (C=N–C) groups is 1. The lowest BCUT2D eigenvalue weighted by Crippen LogP contribution is -2.25. The molecule has 1 aromatic rings. The standard InChI is InChI=1S/C13H17FN2/c14-11-6-8-12(9-7-11)16-13(15)10-4-2-1-3-5-10/h6-10H,1-5H2,(H2,15,16). The summed E-state index contributed by atoms with van der Waals surface area (Å²) >= 11 is 0. The van der Waals surface area contributed by atoms with Gasteiger partial charge in [-0.3, -0.25) is 0 Å². The van der Waals surface area contributed by atoms with Crippen molar-refractivity contribution in [1.29, 1.82) is 0 Å². The number of hydrogen-bond donors (Lipinski definition) is 1. The van der Waals surface area contributed by atoms with Gasteiger partial charge in [0.2, 0.25) is 0 Å². The largest absolute Gasteiger partial charge is 0.387 e. The summed E-state index contributed by atoms with van der Waals surface area (Å²) in [5, 5.41) is 0. The van der Waals surface area contributed by atoms with Crippen LogP contribution < -0.4 is 5.73 Å². The lowest BCUT2D eigenvalue weighted by atomic mass is 9.88. The fraction of sp³-hybridized carbons (Fsp3) is 0.462. The first-order valence-electron chi connectivity index (χ1n) is 5.85. The van der Waals surface area contributed by atoms with Gasteiger partial charge in [0, 0.05) is 5.92 Å². The van der Waals surface area contributed by atoms with Gasteiger partial charge in [0.15, 0.2) is 0 Å². The molecule has 0 heterocycles. The minimum absolute atomic E-state index is 0.241. The number of nitrogens with two attached hydrogens (primary N) is 1. The van der Waals surface area contributed by atoms with Gasteiger partial charge in [-0.25, -0.2) is 9.38 Å². The summed E-state index contributed by atoms with van der Waals surface area (Å²) in [5.41, 5.74) is 6.72. The maximum Gasteiger partial charge on any atom is 0.123 e. The molecule has 0 unspecified atom stereocenters. The van der Waals surface area contributed by atoms with E-state index in [0.717, 1.165) is 18.5 Å². The van der Waals surface area contributed by atoms with Gasteiger partial charge in [0.25, 0.3) is 0 Å². The molecule has 1 saturated carbocycles. The van der Waals surface area contributed by atoms with Crippen LogP contribution in [0.1, 0.15) is 32.1 Å². The molecule has 0 aliphatic heterocycles. The first-order valence-corrected chi connectivity index (χ1v) is 5.85. The second kappa shape index (κ2) is 5.10. The van der Waals surface area contributed by atoms with Crippen molar-refractivity contribution < 1.29 is 4.39 Å². The van der Waals surface area contributed by atoms with Crippen LogP contribution in [0.5, 0.6) is 0 Å². The van der Waals surface area contributed by atoms with Crippen molar-refractivity contribution in [1.82, 2.24) is 0 Å². The van der Waals surface area contributed by atoms with Gasteiger partial charge in [-0.05, 0) is 37.1 Å². The smallest absolute Gasteiger partial charge is 0.123 e. The molecule has 2 N–H and O–H groups in total. The molecule has 0 spiro atoms. The van der Waals surface area contributed by atoms with Crippen LogP contribution in [0.3, 0.4) is 0 Å². The Kier molecular flexibility index (Phi) is 3.54. The zero-order valence-electron chi connectivity index (χ0n) is 9.32. The first-order chi connectivity index (χ1) is 7.75. The molecular formula is C13H17FN2. The molecule has 2 nitrogen and oxygen atoms in total. The molecule has 0 bridgehead atoms. The van der Waals surface area contributed by atoms with Crippen LogP contribution in [0, 0.1) is 11.7 Å². The summed E-state index contributed by atoms with van der Waals surface area (Å²) in [4.78, 5) is 4.35. The summed E-state index contributed by atoms with van der Waals surface area (Å²) in [6.07, 6.45) is 6.06. The Morgan fingerprint density at radius 1 is 1.12 bits per heavy atom. The zero-order valence-corrected chi connectivity index (χ0v) is 9.32. The molecule has 16 heavy (non-hydrogen) atoms. The van der Waals surface area contributed by atoms with Crippen LogP contribution >= 0.6 is 0 Å². The maximum absolute atomic E-state index is 12.7. The molecule has 1 fully saturated rings. The van der Waals surface area contributed by atoms with E-state index in [1.54, 1.807) is 12.1 Å². The Morgan fingerprint density at radius 3 is 2.38 bits per heavy atom. The van der Waals surface area contributed by atoms with E-state index in [4.69, 9.17) is 5.73 Å². The number of benzene rings is 1. The van der Waals surface area contributed by atoms with Crippen molar-refractivity contribution in [2.75, 3.05) is 0 Å². The highest BCUT2D eigenvalue weighted by molar-refractivity contribution is 5.85. The molecule has 2 rings (SSSR count). The van der Waals surface area contributed by atoms with Gasteiger partial charge >= 0.3 is 0 Å². The summed E-state index contributed by atoms with van der Waals surface area (Å²) < 4.78 is 12.7. The fourth-order valence-electron chi connectivity index (χ4n) is 2.15. The predicted molar refractivity (Wildman–Crippen MR) is 64.3 cm³/mol. The van der Waals surface area contributed by atoms with E-state index in [0.29, 0.717) is 11.8 Å². The summed E-state index contributed by atoms with van der Waals surface area (Å²) in [7, 11) is 0. The van der Waals surface area contributed by atoms with Gasteiger partial charge in [-0.1, -0.05) is 19.3 Å². The molecule has 86 valence electrons. The summed E-state index contributed by atoms with van der Waals surface area (Å²) in [5.74, 6) is 0.875. The second-order valence-corrected chi connectivity index (χ2v) is 4.35. The van der Waals surface area contributed by atoms with Crippen LogP contribution in [0.2, 0.25) is 0 Å². The molecule has 0 saturated heterocycles. The average Bonchev–Trinajstić information content (AvgIpc) is 2.33. The Labute approximate surface area is 95.4 Å². The Bertz CT molecular complexity index is 364. The van der Waals surface area contributed by atoms with Gasteiger partial charge in [-0.15, -0.1) is 0 Å². The van der Waals surface area contributed by atoms with E-state index in [1.807, 2.05) is 0 Å². The third kappa shape index (κ3) is 2.81. The normalized spacial score (nSPS) is 18.7. The van der Waals surface area contributed by atoms with E-state index in [9.17, 15) is 4.39 Å². The molecule has 1 aliphatic carbocycles. The molecule has 0 radical (unpaired) electrons. The minimum atomic E-state index is -0.241. The monoisotopic (exact) mass is 220 g/mol. The summed E-state index contributed by atoms with van der Waals surface area (Å²) in [6, 6.07) is 6.13. The molecule has 0 atom stereocenters. The highest BCUT2D eigenvalue weighted by Gasteiger charge is 2.16. The number of nitrogens with zero attached hydrogens (tertiary/aromatic N) is 1. The lowest BCUT2D eigenvalue weighted by molar-refractivity contribution is 0.437. The van der Waals surface area contributed by atoms with Crippen LogP contribution in [0.4, 0.5) is 10.1 Å². The second-order valence-electron chi connectivity index (χ2n) is 4.35. The topological polar surface area (TPSA) is 38.4 Å². The van der Waals surface area contributed by atoms with Crippen LogP contribution in [-0.2, 0) is 0 Å². The van der Waals surface area contributed by atoms with Crippen molar-refractivity contribution in [2.24, 2.45) is 16.6 Å². The minimum Gasteiger partial charge on any atom is -0.387 e. The first kappa shape index (κ1) is 11.1. The van der Waals surface area contributed by atoms with Crippen LogP contribution in [0.25, 0.3) is 0 Å². The summed E-state index contributed by atoms with van der Waals surface area (Å²) in [6.45, 7) is 0. The number of halogens is 1. The third-order valence-electron chi connectivity index (χ3n) is 3.11. The molecule has 0 amide bonds. The molecule has 3 heteroatoms. The van der Waals surface area contributed by atoms with Crippen molar-refractivity contribution in [2.45, 2.75) is 32.1 Å². The Morgan fingerprint density at radius 2 is 1.75 bits per heavy atom. The highest BCUT2D eigenvalue weighted by Crippen LogP contribution is 2.25.